The van der Waals surface area contributed by atoms with Crippen LogP contribution in [-0.2, 0) is 0 Å². The molecular weight excluding hydrogens is 227 g/mol. The zero-order valence-electron chi connectivity index (χ0n) is 7.60. The molecule has 0 aliphatic carbocycles. The van der Waals surface area contributed by atoms with Crippen LogP contribution < -0.4 is 4.74 Å². The molecule has 0 spiro atoms. The maximum atomic E-state index is 11.9. The second kappa shape index (κ2) is 4.54. The number of carbonyl (C=O) groups is 1. The standard InChI is InChI=1S/C8H4F3N3O2/c9-8(10,11)16-7-2-1-6(13-14-12)3-5(7)4-15/h1-4H. The summed E-state index contributed by atoms with van der Waals surface area (Å²) in [5.41, 5.74) is 7.78. The van der Waals surface area contributed by atoms with Crippen molar-refractivity contribution in [2.45, 2.75) is 6.36 Å². The van der Waals surface area contributed by atoms with Crippen molar-refractivity contribution in [2.75, 3.05) is 0 Å². The lowest BCUT2D eigenvalue weighted by Crippen LogP contribution is -2.18. The van der Waals surface area contributed by atoms with Crippen molar-refractivity contribution in [3.05, 3.63) is 34.2 Å². The minimum atomic E-state index is -4.88. The van der Waals surface area contributed by atoms with E-state index in [9.17, 15) is 18.0 Å². The smallest absolute Gasteiger partial charge is 0.405 e. The number of hydrogen-bond donors (Lipinski definition) is 0. The first kappa shape index (κ1) is 11.9. The number of rotatable bonds is 3. The Hall–Kier alpha value is -2.21. The van der Waals surface area contributed by atoms with Crippen LogP contribution in [0.2, 0.25) is 0 Å². The zero-order chi connectivity index (χ0) is 12.2. The molecule has 0 bridgehead atoms. The summed E-state index contributed by atoms with van der Waals surface area (Å²) in [5, 5.41) is 3.14. The van der Waals surface area contributed by atoms with E-state index in [0.29, 0.717) is 0 Å². The van der Waals surface area contributed by atoms with Gasteiger partial charge in [-0.25, -0.2) is 0 Å². The molecule has 0 aliphatic heterocycles. The molecule has 0 atom stereocenters. The Morgan fingerprint density at radius 3 is 2.62 bits per heavy atom. The van der Waals surface area contributed by atoms with Gasteiger partial charge in [-0.15, -0.1) is 13.2 Å². The number of halogens is 3. The van der Waals surface area contributed by atoms with Crippen LogP contribution >= 0.6 is 0 Å². The van der Waals surface area contributed by atoms with Crippen molar-refractivity contribution in [2.24, 2.45) is 5.11 Å². The van der Waals surface area contributed by atoms with E-state index in [0.717, 1.165) is 18.2 Å². The number of ether oxygens (including phenoxy) is 1. The van der Waals surface area contributed by atoms with E-state index in [4.69, 9.17) is 5.53 Å². The van der Waals surface area contributed by atoms with Gasteiger partial charge in [0.15, 0.2) is 6.29 Å². The molecule has 0 N–H and O–H groups in total. The van der Waals surface area contributed by atoms with Gasteiger partial charge in [0, 0.05) is 10.6 Å². The fourth-order valence-corrected chi connectivity index (χ4v) is 0.959. The molecule has 0 saturated carbocycles. The Morgan fingerprint density at radius 1 is 1.44 bits per heavy atom. The van der Waals surface area contributed by atoms with Crippen molar-refractivity contribution in [3.8, 4) is 5.75 Å². The Balaban J connectivity index is 3.11. The normalized spacial score (nSPS) is 10.4. The molecule has 0 radical (unpaired) electrons. The quantitative estimate of drug-likeness (QED) is 0.346. The van der Waals surface area contributed by atoms with Crippen LogP contribution in [0.1, 0.15) is 10.4 Å². The Bertz CT molecular complexity index is 452. The largest absolute Gasteiger partial charge is 0.573 e. The molecule has 0 aromatic heterocycles. The summed E-state index contributed by atoms with van der Waals surface area (Å²) < 4.78 is 39.2. The highest BCUT2D eigenvalue weighted by Gasteiger charge is 2.32. The summed E-state index contributed by atoms with van der Waals surface area (Å²) in [7, 11) is 0. The summed E-state index contributed by atoms with van der Waals surface area (Å²) in [4.78, 5) is 12.9. The molecule has 1 aromatic rings. The number of azide groups is 1. The van der Waals surface area contributed by atoms with Crippen molar-refractivity contribution in [1.82, 2.24) is 0 Å². The highest BCUT2D eigenvalue weighted by molar-refractivity contribution is 5.81. The number of aldehydes is 1. The lowest BCUT2D eigenvalue weighted by Gasteiger charge is -2.10. The third kappa shape index (κ3) is 3.18. The van der Waals surface area contributed by atoms with Gasteiger partial charge >= 0.3 is 6.36 Å². The molecule has 0 unspecified atom stereocenters. The van der Waals surface area contributed by atoms with Gasteiger partial charge in [-0.05, 0) is 23.7 Å². The second-order valence-corrected chi connectivity index (χ2v) is 2.58. The third-order valence-corrected chi connectivity index (χ3v) is 1.51. The van der Waals surface area contributed by atoms with E-state index in [1.54, 1.807) is 0 Å². The number of carbonyl (C=O) groups excluding carboxylic acids is 1. The van der Waals surface area contributed by atoms with Crippen molar-refractivity contribution in [1.29, 1.82) is 0 Å². The topological polar surface area (TPSA) is 75.1 Å². The summed E-state index contributed by atoms with van der Waals surface area (Å²) in [6.45, 7) is 0. The van der Waals surface area contributed by atoms with Crippen LogP contribution in [-0.4, -0.2) is 12.6 Å². The number of benzene rings is 1. The van der Waals surface area contributed by atoms with E-state index < -0.39 is 12.1 Å². The summed E-state index contributed by atoms with van der Waals surface area (Å²) in [6.07, 6.45) is -4.70. The predicted molar refractivity (Wildman–Crippen MR) is 47.3 cm³/mol. The average molecular weight is 231 g/mol. The van der Waals surface area contributed by atoms with Crippen LogP contribution in [0.4, 0.5) is 18.9 Å². The van der Waals surface area contributed by atoms with Gasteiger partial charge in [-0.1, -0.05) is 5.11 Å². The average Bonchev–Trinajstić information content (AvgIpc) is 2.18. The lowest BCUT2D eigenvalue weighted by molar-refractivity contribution is -0.274. The first-order valence-electron chi connectivity index (χ1n) is 3.86. The molecule has 1 aromatic carbocycles. The zero-order valence-corrected chi connectivity index (χ0v) is 7.60. The predicted octanol–water partition coefficient (Wildman–Crippen LogP) is 3.34. The molecule has 8 heteroatoms. The van der Waals surface area contributed by atoms with Crippen molar-refractivity contribution in [3.63, 3.8) is 0 Å². The molecule has 84 valence electrons. The van der Waals surface area contributed by atoms with Crippen LogP contribution in [0.5, 0.6) is 5.75 Å². The Kier molecular flexibility index (Phi) is 3.37. The van der Waals surface area contributed by atoms with Crippen molar-refractivity contribution >= 4 is 12.0 Å². The Labute approximate surface area is 87.1 Å². The van der Waals surface area contributed by atoms with E-state index >= 15 is 0 Å². The monoisotopic (exact) mass is 231 g/mol. The second-order valence-electron chi connectivity index (χ2n) is 2.58. The fraction of sp³-hybridized carbons (Fsp3) is 0.125. The number of hydrogen-bond acceptors (Lipinski definition) is 3. The fourth-order valence-electron chi connectivity index (χ4n) is 0.959. The maximum Gasteiger partial charge on any atom is 0.573 e. The van der Waals surface area contributed by atoms with Gasteiger partial charge in [0.1, 0.15) is 5.75 Å². The molecule has 0 saturated heterocycles. The highest BCUT2D eigenvalue weighted by atomic mass is 19.4. The van der Waals surface area contributed by atoms with Crippen LogP contribution in [0.3, 0.4) is 0 Å². The molecule has 0 amide bonds. The maximum absolute atomic E-state index is 11.9. The SMILES string of the molecule is [N-]=[N+]=Nc1ccc(OC(F)(F)F)c(C=O)c1. The first-order chi connectivity index (χ1) is 7.46. The van der Waals surface area contributed by atoms with Gasteiger partial charge < -0.3 is 4.74 Å². The molecule has 5 nitrogen and oxygen atoms in total. The van der Waals surface area contributed by atoms with Gasteiger partial charge in [0.05, 0.1) is 5.56 Å². The van der Waals surface area contributed by atoms with Crippen molar-refractivity contribution < 1.29 is 22.7 Å². The highest BCUT2D eigenvalue weighted by Crippen LogP contribution is 2.28. The number of alkyl halides is 3. The van der Waals surface area contributed by atoms with Crippen LogP contribution in [0.25, 0.3) is 10.4 Å². The van der Waals surface area contributed by atoms with Crippen LogP contribution in [0.15, 0.2) is 23.3 Å². The van der Waals surface area contributed by atoms with E-state index in [2.05, 4.69) is 14.8 Å². The van der Waals surface area contributed by atoms with Gasteiger partial charge in [-0.3, -0.25) is 4.79 Å². The molecule has 0 aliphatic rings. The van der Waals surface area contributed by atoms with E-state index in [-0.39, 0.29) is 17.5 Å². The van der Waals surface area contributed by atoms with E-state index in [1.807, 2.05) is 0 Å². The first-order valence-corrected chi connectivity index (χ1v) is 3.86. The molecular formula is C8H4F3N3O2. The molecule has 16 heavy (non-hydrogen) atoms. The summed E-state index contributed by atoms with van der Waals surface area (Å²) in [6, 6.07) is 3.00. The number of nitrogens with zero attached hydrogens (tertiary/aromatic N) is 3. The van der Waals surface area contributed by atoms with Gasteiger partial charge in [0.2, 0.25) is 0 Å². The van der Waals surface area contributed by atoms with E-state index in [1.165, 1.54) is 0 Å². The molecule has 0 fully saturated rings. The third-order valence-electron chi connectivity index (χ3n) is 1.51. The minimum absolute atomic E-state index is 0.0270. The van der Waals surface area contributed by atoms with Gasteiger partial charge in [0.25, 0.3) is 0 Å². The van der Waals surface area contributed by atoms with Gasteiger partial charge in [-0.2, -0.15) is 0 Å². The minimum Gasteiger partial charge on any atom is -0.405 e. The lowest BCUT2D eigenvalue weighted by atomic mass is 10.2. The molecule has 1 rings (SSSR count). The molecule has 0 heterocycles. The summed E-state index contributed by atoms with van der Waals surface area (Å²) in [5.74, 6) is -0.639. The van der Waals surface area contributed by atoms with Crippen LogP contribution in [0, 0.1) is 0 Å². The Morgan fingerprint density at radius 2 is 2.12 bits per heavy atom. The summed E-state index contributed by atoms with van der Waals surface area (Å²) >= 11 is 0.